The second kappa shape index (κ2) is 6.10. The molecule has 1 aliphatic rings. The topological polar surface area (TPSA) is 41.1 Å². The van der Waals surface area contributed by atoms with Gasteiger partial charge in [0.1, 0.15) is 0 Å². The molecule has 0 spiro atoms. The first-order valence-corrected chi connectivity index (χ1v) is 7.41. The molecule has 3 heteroatoms. The minimum absolute atomic E-state index is 0.0138. The maximum absolute atomic E-state index is 12.1. The molecule has 3 unspecified atom stereocenters. The number of nitrogens with one attached hydrogen (secondary N) is 2. The van der Waals surface area contributed by atoms with Gasteiger partial charge in [0.2, 0.25) is 5.91 Å². The highest BCUT2D eigenvalue weighted by Crippen LogP contribution is 2.40. The van der Waals surface area contributed by atoms with Crippen molar-refractivity contribution in [1.29, 1.82) is 0 Å². The summed E-state index contributed by atoms with van der Waals surface area (Å²) in [6, 6.07) is 20.3. The normalized spacial score (nSPS) is 21.6. The third kappa shape index (κ3) is 3.50. The molecule has 0 aromatic heterocycles. The van der Waals surface area contributed by atoms with Gasteiger partial charge < -0.3 is 10.6 Å². The van der Waals surface area contributed by atoms with Gasteiger partial charge in [0, 0.05) is 17.6 Å². The average Bonchev–Trinajstić information content (AvgIpc) is 3.28. The Morgan fingerprint density at radius 2 is 1.67 bits per heavy atom. The number of carbonyl (C=O) groups is 1. The minimum Gasteiger partial charge on any atom is -0.325 e. The van der Waals surface area contributed by atoms with Crippen LogP contribution in [0.25, 0.3) is 0 Å². The van der Waals surface area contributed by atoms with E-state index in [0.29, 0.717) is 12.0 Å². The van der Waals surface area contributed by atoms with E-state index < -0.39 is 0 Å². The molecule has 2 aromatic rings. The zero-order valence-corrected chi connectivity index (χ0v) is 12.1. The van der Waals surface area contributed by atoms with Crippen LogP contribution in [0.4, 0.5) is 5.69 Å². The number of amides is 1. The summed E-state index contributed by atoms with van der Waals surface area (Å²) in [5.74, 6) is 0.554. The van der Waals surface area contributed by atoms with Gasteiger partial charge in [-0.3, -0.25) is 4.79 Å². The molecule has 2 aromatic carbocycles. The van der Waals surface area contributed by atoms with Crippen molar-refractivity contribution < 1.29 is 4.79 Å². The quantitative estimate of drug-likeness (QED) is 0.883. The molecule has 1 fully saturated rings. The van der Waals surface area contributed by atoms with Gasteiger partial charge in [-0.05, 0) is 31.0 Å². The first kappa shape index (κ1) is 13.8. The third-order valence-electron chi connectivity index (χ3n) is 3.92. The number of rotatable bonds is 5. The molecule has 1 amide bonds. The van der Waals surface area contributed by atoms with Gasteiger partial charge in [0.25, 0.3) is 0 Å². The first-order valence-electron chi connectivity index (χ1n) is 7.41. The summed E-state index contributed by atoms with van der Waals surface area (Å²) in [6.45, 7) is 1.92. The average molecular weight is 280 g/mol. The first-order chi connectivity index (χ1) is 10.2. The molecule has 0 heterocycles. The fourth-order valence-electron chi connectivity index (χ4n) is 2.62. The van der Waals surface area contributed by atoms with E-state index in [-0.39, 0.29) is 11.9 Å². The Balaban J connectivity index is 1.51. The Morgan fingerprint density at radius 3 is 2.33 bits per heavy atom. The van der Waals surface area contributed by atoms with Crippen LogP contribution in [-0.4, -0.2) is 18.0 Å². The van der Waals surface area contributed by atoms with Gasteiger partial charge >= 0.3 is 0 Å². The van der Waals surface area contributed by atoms with Crippen molar-refractivity contribution >= 4 is 11.6 Å². The Kier molecular flexibility index (Phi) is 4.02. The second-order valence-electron chi connectivity index (χ2n) is 5.60. The summed E-state index contributed by atoms with van der Waals surface area (Å²) >= 11 is 0. The summed E-state index contributed by atoms with van der Waals surface area (Å²) in [5, 5.41) is 6.34. The van der Waals surface area contributed by atoms with E-state index in [1.54, 1.807) is 0 Å². The van der Waals surface area contributed by atoms with E-state index in [4.69, 9.17) is 0 Å². The lowest BCUT2D eigenvalue weighted by Gasteiger charge is -2.14. The van der Waals surface area contributed by atoms with Gasteiger partial charge in [-0.2, -0.15) is 0 Å². The standard InChI is InChI=1S/C18H20N2O/c1-13(18(21)20-15-10-6-3-7-11-15)19-17-12-16(17)14-8-4-2-5-9-14/h2-11,13,16-17,19H,12H2,1H3,(H,20,21). The molecule has 0 bridgehead atoms. The Morgan fingerprint density at radius 1 is 1.05 bits per heavy atom. The van der Waals surface area contributed by atoms with E-state index in [0.717, 1.165) is 12.1 Å². The number of para-hydroxylation sites is 1. The minimum atomic E-state index is -0.191. The lowest BCUT2D eigenvalue weighted by Crippen LogP contribution is -2.39. The van der Waals surface area contributed by atoms with Crippen LogP contribution in [0.2, 0.25) is 0 Å². The molecule has 1 aliphatic carbocycles. The molecule has 3 nitrogen and oxygen atoms in total. The highest BCUT2D eigenvalue weighted by atomic mass is 16.2. The maximum Gasteiger partial charge on any atom is 0.241 e. The van der Waals surface area contributed by atoms with Crippen molar-refractivity contribution in [3.63, 3.8) is 0 Å². The predicted molar refractivity (Wildman–Crippen MR) is 85.3 cm³/mol. The van der Waals surface area contributed by atoms with Crippen molar-refractivity contribution in [2.45, 2.75) is 31.3 Å². The lowest BCUT2D eigenvalue weighted by atomic mass is 10.1. The van der Waals surface area contributed by atoms with Crippen molar-refractivity contribution in [3.8, 4) is 0 Å². The molecule has 2 N–H and O–H groups in total. The molecule has 3 rings (SSSR count). The molecule has 3 atom stereocenters. The summed E-state index contributed by atoms with van der Waals surface area (Å²) in [5.41, 5.74) is 2.19. The molecule has 21 heavy (non-hydrogen) atoms. The monoisotopic (exact) mass is 280 g/mol. The van der Waals surface area contributed by atoms with Crippen LogP contribution in [0.15, 0.2) is 60.7 Å². The molecule has 0 aliphatic heterocycles. The van der Waals surface area contributed by atoms with Crippen LogP contribution >= 0.6 is 0 Å². The van der Waals surface area contributed by atoms with Crippen molar-refractivity contribution in [3.05, 3.63) is 66.2 Å². The summed E-state index contributed by atoms with van der Waals surface area (Å²) in [6.07, 6.45) is 1.10. The molecule has 0 saturated heterocycles. The van der Waals surface area contributed by atoms with Gasteiger partial charge in [0.05, 0.1) is 6.04 Å². The Bertz CT molecular complexity index is 597. The largest absolute Gasteiger partial charge is 0.325 e. The van der Waals surface area contributed by atoms with Crippen LogP contribution in [-0.2, 0) is 4.79 Å². The SMILES string of the molecule is CC(NC1CC1c1ccccc1)C(=O)Nc1ccccc1. The van der Waals surface area contributed by atoms with Crippen molar-refractivity contribution in [2.24, 2.45) is 0 Å². The van der Waals surface area contributed by atoms with Gasteiger partial charge in [-0.25, -0.2) is 0 Å². The van der Waals surface area contributed by atoms with Crippen LogP contribution < -0.4 is 10.6 Å². The van der Waals surface area contributed by atoms with Gasteiger partial charge in [0.15, 0.2) is 0 Å². The Labute approximate surface area is 125 Å². The van der Waals surface area contributed by atoms with E-state index in [2.05, 4.69) is 34.9 Å². The number of benzene rings is 2. The van der Waals surface area contributed by atoms with Crippen molar-refractivity contribution in [2.75, 3.05) is 5.32 Å². The number of anilines is 1. The molecular formula is C18H20N2O. The van der Waals surface area contributed by atoms with Crippen LogP contribution in [0.5, 0.6) is 0 Å². The Hall–Kier alpha value is -2.13. The van der Waals surface area contributed by atoms with Crippen LogP contribution in [0.1, 0.15) is 24.8 Å². The van der Waals surface area contributed by atoms with Crippen LogP contribution in [0, 0.1) is 0 Å². The van der Waals surface area contributed by atoms with Crippen LogP contribution in [0.3, 0.4) is 0 Å². The molecule has 1 saturated carbocycles. The second-order valence-corrected chi connectivity index (χ2v) is 5.60. The number of carbonyl (C=O) groups excluding carboxylic acids is 1. The zero-order chi connectivity index (χ0) is 14.7. The van der Waals surface area contributed by atoms with E-state index in [1.165, 1.54) is 5.56 Å². The molecule has 0 radical (unpaired) electrons. The third-order valence-corrected chi connectivity index (χ3v) is 3.92. The summed E-state index contributed by atoms with van der Waals surface area (Å²) < 4.78 is 0. The van der Waals surface area contributed by atoms with Crippen molar-refractivity contribution in [1.82, 2.24) is 5.32 Å². The highest BCUT2D eigenvalue weighted by molar-refractivity contribution is 5.94. The predicted octanol–water partition coefficient (Wildman–Crippen LogP) is 3.16. The molecule has 108 valence electrons. The number of hydrogen-bond acceptors (Lipinski definition) is 2. The lowest BCUT2D eigenvalue weighted by molar-refractivity contribution is -0.117. The number of hydrogen-bond donors (Lipinski definition) is 2. The van der Waals surface area contributed by atoms with E-state index >= 15 is 0 Å². The van der Waals surface area contributed by atoms with Gasteiger partial charge in [-0.1, -0.05) is 48.5 Å². The summed E-state index contributed by atoms with van der Waals surface area (Å²) in [7, 11) is 0. The summed E-state index contributed by atoms with van der Waals surface area (Å²) in [4.78, 5) is 12.1. The van der Waals surface area contributed by atoms with E-state index in [9.17, 15) is 4.79 Å². The fourth-order valence-corrected chi connectivity index (χ4v) is 2.62. The maximum atomic E-state index is 12.1. The van der Waals surface area contributed by atoms with E-state index in [1.807, 2.05) is 43.3 Å². The molecular weight excluding hydrogens is 260 g/mol. The highest BCUT2D eigenvalue weighted by Gasteiger charge is 2.39. The smallest absolute Gasteiger partial charge is 0.241 e. The fraction of sp³-hybridized carbons (Fsp3) is 0.278. The van der Waals surface area contributed by atoms with Gasteiger partial charge in [-0.15, -0.1) is 0 Å². The zero-order valence-electron chi connectivity index (χ0n) is 12.1.